The van der Waals surface area contributed by atoms with E-state index in [1.54, 1.807) is 11.3 Å². The molecule has 1 saturated carbocycles. The van der Waals surface area contributed by atoms with Crippen molar-refractivity contribution < 1.29 is 4.74 Å². The second-order valence-electron chi connectivity index (χ2n) is 5.48. The van der Waals surface area contributed by atoms with Crippen LogP contribution in [0.25, 0.3) is 10.8 Å². The lowest BCUT2D eigenvalue weighted by Gasteiger charge is -2.09. The van der Waals surface area contributed by atoms with Gasteiger partial charge in [-0.1, -0.05) is 48.5 Å². The van der Waals surface area contributed by atoms with Gasteiger partial charge >= 0.3 is 0 Å². The number of rotatable bonds is 4. The van der Waals surface area contributed by atoms with Crippen LogP contribution in [0.3, 0.4) is 0 Å². The first-order valence-electron chi connectivity index (χ1n) is 7.64. The zero-order valence-corrected chi connectivity index (χ0v) is 13.6. The van der Waals surface area contributed by atoms with Crippen molar-refractivity contribution in [2.24, 2.45) is 5.92 Å². The molecular weight excluding hydrogens is 290 g/mol. The maximum Gasteiger partial charge on any atom is 0.127 e. The highest BCUT2D eigenvalue weighted by Gasteiger charge is 2.38. The first-order valence-corrected chi connectivity index (χ1v) is 8.59. The molecule has 1 aliphatic rings. The minimum atomic E-state index is 0.397. The lowest BCUT2D eigenvalue weighted by Crippen LogP contribution is -2.13. The van der Waals surface area contributed by atoms with Gasteiger partial charge in [0.05, 0.1) is 0 Å². The molecule has 0 unspecified atom stereocenters. The normalized spacial score (nSPS) is 19.3. The molecule has 3 aromatic rings. The molecule has 4 rings (SSSR count). The number of nitrogens with one attached hydrogen (secondary N) is 1. The number of fused-ring (bicyclic) bond motifs is 1. The zero-order valence-electron chi connectivity index (χ0n) is 12.7. The number of hydrogen-bond acceptors (Lipinski definition) is 3. The van der Waals surface area contributed by atoms with Gasteiger partial charge in [-0.3, -0.25) is 0 Å². The average molecular weight is 311 g/mol. The summed E-state index contributed by atoms with van der Waals surface area (Å²) in [6.45, 7) is 1.05. The van der Waals surface area contributed by atoms with Crippen LogP contribution in [0.5, 0.6) is 5.75 Å². The average Bonchev–Trinajstić information content (AvgIpc) is 3.04. The molecule has 0 saturated heterocycles. The van der Waals surface area contributed by atoms with E-state index in [1.807, 2.05) is 29.9 Å². The van der Waals surface area contributed by atoms with Crippen molar-refractivity contribution in [1.82, 2.24) is 5.32 Å². The van der Waals surface area contributed by atoms with Gasteiger partial charge in [-0.25, -0.2) is 0 Å². The number of ether oxygens (including phenoxy) is 1. The SMILES string of the molecule is CNC[C@@H]1C[C@@H]1Oc1cccc2ccccc12.c1ccsc1. The fourth-order valence-electron chi connectivity index (χ4n) is 2.53. The molecule has 0 amide bonds. The van der Waals surface area contributed by atoms with E-state index in [4.69, 9.17) is 4.74 Å². The molecule has 0 bridgehead atoms. The molecule has 114 valence electrons. The summed E-state index contributed by atoms with van der Waals surface area (Å²) in [4.78, 5) is 0. The van der Waals surface area contributed by atoms with Crippen LogP contribution >= 0.6 is 11.3 Å². The Balaban J connectivity index is 0.000000246. The summed E-state index contributed by atoms with van der Waals surface area (Å²) in [5.41, 5.74) is 0. The predicted octanol–water partition coefficient (Wildman–Crippen LogP) is 4.57. The van der Waals surface area contributed by atoms with Crippen LogP contribution in [0.15, 0.2) is 65.4 Å². The van der Waals surface area contributed by atoms with Gasteiger partial charge in [0.1, 0.15) is 11.9 Å². The van der Waals surface area contributed by atoms with E-state index >= 15 is 0 Å². The summed E-state index contributed by atoms with van der Waals surface area (Å²) in [6.07, 6.45) is 1.57. The van der Waals surface area contributed by atoms with E-state index in [2.05, 4.69) is 47.8 Å². The lowest BCUT2D eigenvalue weighted by atomic mass is 10.1. The molecule has 1 aromatic heterocycles. The Kier molecular flexibility index (Phi) is 5.09. The molecule has 1 fully saturated rings. The van der Waals surface area contributed by atoms with Gasteiger partial charge in [-0.05, 0) is 35.7 Å². The van der Waals surface area contributed by atoms with Gasteiger partial charge in [0, 0.05) is 17.8 Å². The summed E-state index contributed by atoms with van der Waals surface area (Å²) in [6, 6.07) is 18.7. The highest BCUT2D eigenvalue weighted by Crippen LogP contribution is 2.36. The number of thiophene rings is 1. The topological polar surface area (TPSA) is 21.3 Å². The summed E-state index contributed by atoms with van der Waals surface area (Å²) in [5.74, 6) is 1.70. The Hall–Kier alpha value is -1.84. The van der Waals surface area contributed by atoms with Crippen LogP contribution in [0.4, 0.5) is 0 Å². The standard InChI is InChI=1S/C15H17NO.C4H4S/c1-16-10-12-9-15(12)17-14-8-4-6-11-5-2-3-7-13(11)14;1-2-4-5-3-1/h2-8,12,15-16H,9-10H2,1H3;1-4H/t12-,15-;/m0./s1. The maximum atomic E-state index is 6.06. The minimum Gasteiger partial charge on any atom is -0.489 e. The molecule has 0 radical (unpaired) electrons. The van der Waals surface area contributed by atoms with Gasteiger partial charge in [0.15, 0.2) is 0 Å². The molecule has 0 aliphatic heterocycles. The van der Waals surface area contributed by atoms with Crippen LogP contribution in [0, 0.1) is 5.92 Å². The van der Waals surface area contributed by atoms with Crippen LogP contribution in [0.1, 0.15) is 6.42 Å². The van der Waals surface area contributed by atoms with Gasteiger partial charge < -0.3 is 10.1 Å². The van der Waals surface area contributed by atoms with E-state index in [0.717, 1.165) is 12.3 Å². The van der Waals surface area contributed by atoms with Gasteiger partial charge in [-0.2, -0.15) is 11.3 Å². The highest BCUT2D eigenvalue weighted by atomic mass is 32.1. The Morgan fingerprint density at radius 1 is 1.05 bits per heavy atom. The Morgan fingerprint density at radius 2 is 1.82 bits per heavy atom. The van der Waals surface area contributed by atoms with Gasteiger partial charge in [-0.15, -0.1) is 0 Å². The molecule has 2 atom stereocenters. The van der Waals surface area contributed by atoms with Crippen molar-refractivity contribution in [3.8, 4) is 5.75 Å². The van der Waals surface area contributed by atoms with E-state index < -0.39 is 0 Å². The minimum absolute atomic E-state index is 0.397. The fourth-order valence-corrected chi connectivity index (χ4v) is 2.98. The summed E-state index contributed by atoms with van der Waals surface area (Å²) < 4.78 is 6.06. The molecule has 3 heteroatoms. The zero-order chi connectivity index (χ0) is 15.2. The molecule has 1 heterocycles. The second kappa shape index (κ2) is 7.43. The monoisotopic (exact) mass is 311 g/mol. The van der Waals surface area contributed by atoms with Crippen LogP contribution in [0.2, 0.25) is 0 Å². The predicted molar refractivity (Wildman–Crippen MR) is 94.7 cm³/mol. The third-order valence-corrected chi connectivity index (χ3v) is 4.41. The fraction of sp³-hybridized carbons (Fsp3) is 0.263. The molecule has 1 aliphatic carbocycles. The van der Waals surface area contributed by atoms with Crippen LogP contribution in [-0.2, 0) is 0 Å². The molecular formula is C19H21NOS. The van der Waals surface area contributed by atoms with Gasteiger partial charge in [0.25, 0.3) is 0 Å². The van der Waals surface area contributed by atoms with E-state index in [9.17, 15) is 0 Å². The summed E-state index contributed by atoms with van der Waals surface area (Å²) in [7, 11) is 1.99. The smallest absolute Gasteiger partial charge is 0.127 e. The largest absolute Gasteiger partial charge is 0.489 e. The van der Waals surface area contributed by atoms with E-state index in [1.165, 1.54) is 17.2 Å². The van der Waals surface area contributed by atoms with Crippen molar-refractivity contribution in [3.05, 3.63) is 65.4 Å². The lowest BCUT2D eigenvalue weighted by molar-refractivity contribution is 0.287. The number of benzene rings is 2. The van der Waals surface area contributed by atoms with Crippen molar-refractivity contribution in [2.75, 3.05) is 13.6 Å². The van der Waals surface area contributed by atoms with Gasteiger partial charge in [0.2, 0.25) is 0 Å². The quantitative estimate of drug-likeness (QED) is 0.762. The van der Waals surface area contributed by atoms with Crippen LogP contribution in [-0.4, -0.2) is 19.7 Å². The molecule has 0 spiro atoms. The van der Waals surface area contributed by atoms with E-state index in [-0.39, 0.29) is 0 Å². The molecule has 2 aromatic carbocycles. The Morgan fingerprint density at radius 3 is 2.55 bits per heavy atom. The second-order valence-corrected chi connectivity index (χ2v) is 6.30. The van der Waals surface area contributed by atoms with Crippen molar-refractivity contribution in [2.45, 2.75) is 12.5 Å². The van der Waals surface area contributed by atoms with E-state index in [0.29, 0.717) is 12.0 Å². The Labute approximate surface area is 135 Å². The molecule has 22 heavy (non-hydrogen) atoms. The maximum absolute atomic E-state index is 6.06. The Bertz CT molecular complexity index is 673. The first-order chi connectivity index (χ1) is 10.9. The third kappa shape index (κ3) is 3.87. The van der Waals surface area contributed by atoms with Crippen LogP contribution < -0.4 is 10.1 Å². The summed E-state index contributed by atoms with van der Waals surface area (Å²) >= 11 is 1.71. The first kappa shape index (κ1) is 15.1. The third-order valence-electron chi connectivity index (χ3n) is 3.78. The molecule has 1 N–H and O–H groups in total. The highest BCUT2D eigenvalue weighted by molar-refractivity contribution is 7.07. The number of hydrogen-bond donors (Lipinski definition) is 1. The van der Waals surface area contributed by atoms with Crippen molar-refractivity contribution >= 4 is 22.1 Å². The molecule has 2 nitrogen and oxygen atoms in total. The van der Waals surface area contributed by atoms with Crippen molar-refractivity contribution in [1.29, 1.82) is 0 Å². The summed E-state index contributed by atoms with van der Waals surface area (Å²) in [5, 5.41) is 9.75. The van der Waals surface area contributed by atoms with Crippen molar-refractivity contribution in [3.63, 3.8) is 0 Å².